The number of piperazine rings is 1. The molecule has 7 nitrogen and oxygen atoms in total. The van der Waals surface area contributed by atoms with Gasteiger partial charge in [0.25, 0.3) is 5.91 Å². The van der Waals surface area contributed by atoms with Crippen LogP contribution in [0.4, 0.5) is 0 Å². The first kappa shape index (κ1) is 19.5. The van der Waals surface area contributed by atoms with Gasteiger partial charge in [0.15, 0.2) is 0 Å². The third kappa shape index (κ3) is 4.35. The minimum atomic E-state index is -0.0476. The molecule has 0 spiro atoms. The Morgan fingerprint density at radius 3 is 2.22 bits per heavy atom. The van der Waals surface area contributed by atoms with Crippen molar-refractivity contribution >= 4 is 11.8 Å². The number of amides is 2. The van der Waals surface area contributed by atoms with Crippen LogP contribution in [-0.4, -0.2) is 74.6 Å². The highest BCUT2D eigenvalue weighted by Gasteiger charge is 2.33. The summed E-state index contributed by atoms with van der Waals surface area (Å²) in [5, 5.41) is 3.31. The zero-order chi connectivity index (χ0) is 19.4. The van der Waals surface area contributed by atoms with Gasteiger partial charge in [-0.2, -0.15) is 0 Å². The third-order valence-electron chi connectivity index (χ3n) is 5.51. The van der Waals surface area contributed by atoms with Crippen molar-refractivity contribution in [3.05, 3.63) is 23.8 Å². The predicted octanol–water partition coefficient (Wildman–Crippen LogP) is 1.38. The lowest BCUT2D eigenvalue weighted by Gasteiger charge is -2.39. The van der Waals surface area contributed by atoms with E-state index < -0.39 is 0 Å². The highest BCUT2D eigenvalue weighted by atomic mass is 16.5. The zero-order valence-electron chi connectivity index (χ0n) is 16.4. The Morgan fingerprint density at radius 2 is 1.67 bits per heavy atom. The maximum atomic E-state index is 12.9. The van der Waals surface area contributed by atoms with Crippen molar-refractivity contribution in [2.45, 2.75) is 25.8 Å². The molecular weight excluding hydrogens is 346 g/mol. The number of nitrogens with one attached hydrogen (secondary N) is 1. The van der Waals surface area contributed by atoms with E-state index in [9.17, 15) is 9.59 Å². The van der Waals surface area contributed by atoms with E-state index in [1.807, 2.05) is 9.80 Å². The minimum Gasteiger partial charge on any atom is -0.497 e. The Hall–Kier alpha value is -2.28. The first-order valence-electron chi connectivity index (χ1n) is 9.57. The van der Waals surface area contributed by atoms with E-state index in [-0.39, 0.29) is 23.8 Å². The van der Waals surface area contributed by atoms with Crippen LogP contribution in [0.25, 0.3) is 0 Å². The lowest BCUT2D eigenvalue weighted by Crippen LogP contribution is -2.55. The quantitative estimate of drug-likeness (QED) is 0.861. The molecule has 2 aliphatic rings. The number of nitrogens with zero attached hydrogens (tertiary/aromatic N) is 2. The van der Waals surface area contributed by atoms with Crippen molar-refractivity contribution in [1.82, 2.24) is 15.1 Å². The van der Waals surface area contributed by atoms with Gasteiger partial charge in [-0.15, -0.1) is 0 Å². The Morgan fingerprint density at radius 1 is 1.04 bits per heavy atom. The summed E-state index contributed by atoms with van der Waals surface area (Å²) in [6.45, 7) is 5.73. The molecule has 0 aliphatic carbocycles. The molecule has 2 amide bonds. The number of carbonyl (C=O) groups is 2. The summed E-state index contributed by atoms with van der Waals surface area (Å²) in [5.74, 6) is 1.38. The van der Waals surface area contributed by atoms with Gasteiger partial charge in [0, 0.05) is 56.3 Å². The molecule has 1 aromatic rings. The predicted molar refractivity (Wildman–Crippen MR) is 102 cm³/mol. The maximum absolute atomic E-state index is 12.9. The van der Waals surface area contributed by atoms with Gasteiger partial charge >= 0.3 is 0 Å². The van der Waals surface area contributed by atoms with Crippen molar-refractivity contribution in [3.8, 4) is 11.5 Å². The van der Waals surface area contributed by atoms with Crippen LogP contribution in [0.2, 0.25) is 0 Å². The Bertz CT molecular complexity index is 664. The number of hydrogen-bond donors (Lipinski definition) is 1. The molecule has 2 heterocycles. The maximum Gasteiger partial charge on any atom is 0.254 e. The number of likely N-dealkylation sites (tertiary alicyclic amines) is 1. The summed E-state index contributed by atoms with van der Waals surface area (Å²) in [6, 6.07) is 5.43. The summed E-state index contributed by atoms with van der Waals surface area (Å²) >= 11 is 0. The molecule has 2 fully saturated rings. The topological polar surface area (TPSA) is 71.1 Å². The summed E-state index contributed by atoms with van der Waals surface area (Å²) in [6.07, 6.45) is 1.42. The van der Waals surface area contributed by atoms with E-state index in [1.54, 1.807) is 32.4 Å². The number of piperidine rings is 1. The summed E-state index contributed by atoms with van der Waals surface area (Å²) in [7, 11) is 3.13. The lowest BCUT2D eigenvalue weighted by atomic mass is 9.94. The van der Waals surface area contributed by atoms with Crippen LogP contribution in [0, 0.1) is 5.92 Å². The van der Waals surface area contributed by atoms with E-state index in [1.165, 1.54) is 0 Å². The average Bonchev–Trinajstić information content (AvgIpc) is 2.72. The fraction of sp³-hybridized carbons (Fsp3) is 0.600. The van der Waals surface area contributed by atoms with E-state index in [0.29, 0.717) is 43.0 Å². The monoisotopic (exact) mass is 375 g/mol. The molecule has 0 saturated carbocycles. The van der Waals surface area contributed by atoms with Crippen LogP contribution >= 0.6 is 0 Å². The van der Waals surface area contributed by atoms with Gasteiger partial charge in [0.05, 0.1) is 14.2 Å². The number of benzene rings is 1. The normalized spacial score (nSPS) is 21.1. The molecule has 0 radical (unpaired) electrons. The van der Waals surface area contributed by atoms with Crippen LogP contribution < -0.4 is 14.8 Å². The number of hydrogen-bond acceptors (Lipinski definition) is 5. The van der Waals surface area contributed by atoms with Crippen LogP contribution in [0.1, 0.15) is 30.1 Å². The number of ether oxygens (including phenoxy) is 2. The van der Waals surface area contributed by atoms with E-state index in [2.05, 4.69) is 12.2 Å². The largest absolute Gasteiger partial charge is 0.497 e. The van der Waals surface area contributed by atoms with Crippen LogP contribution in [0.3, 0.4) is 0 Å². The van der Waals surface area contributed by atoms with E-state index in [4.69, 9.17) is 9.47 Å². The molecular formula is C20H29N3O4. The molecule has 148 valence electrons. The second-order valence-electron chi connectivity index (χ2n) is 7.25. The lowest BCUT2D eigenvalue weighted by molar-refractivity contribution is -0.139. The average molecular weight is 375 g/mol. The molecule has 0 bridgehead atoms. The fourth-order valence-electron chi connectivity index (χ4n) is 3.85. The first-order valence-corrected chi connectivity index (χ1v) is 9.57. The second kappa shape index (κ2) is 8.61. The molecule has 3 rings (SSSR count). The van der Waals surface area contributed by atoms with Crippen molar-refractivity contribution in [3.63, 3.8) is 0 Å². The van der Waals surface area contributed by atoms with Gasteiger partial charge in [-0.25, -0.2) is 0 Å². The summed E-state index contributed by atoms with van der Waals surface area (Å²) < 4.78 is 10.5. The molecule has 1 aromatic carbocycles. The van der Waals surface area contributed by atoms with Gasteiger partial charge in [-0.1, -0.05) is 0 Å². The van der Waals surface area contributed by atoms with E-state index in [0.717, 1.165) is 19.6 Å². The number of carbonyl (C=O) groups excluding carboxylic acids is 2. The summed E-state index contributed by atoms with van der Waals surface area (Å²) in [4.78, 5) is 29.5. The molecule has 2 saturated heterocycles. The number of methoxy groups -OCH3 is 2. The highest BCUT2D eigenvalue weighted by Crippen LogP contribution is 2.26. The van der Waals surface area contributed by atoms with Crippen molar-refractivity contribution in [2.24, 2.45) is 5.92 Å². The van der Waals surface area contributed by atoms with E-state index >= 15 is 0 Å². The second-order valence-corrected chi connectivity index (χ2v) is 7.25. The molecule has 1 unspecified atom stereocenters. The van der Waals surface area contributed by atoms with Gasteiger partial charge in [0.1, 0.15) is 11.5 Å². The summed E-state index contributed by atoms with van der Waals surface area (Å²) in [5.41, 5.74) is 0.548. The van der Waals surface area contributed by atoms with Gasteiger partial charge in [-0.05, 0) is 31.9 Å². The molecule has 27 heavy (non-hydrogen) atoms. The van der Waals surface area contributed by atoms with Crippen molar-refractivity contribution < 1.29 is 19.1 Å². The SMILES string of the molecule is COc1cc(OC)cc(C(=O)N2CCC(C(=O)N3CCNCC3C)CC2)c1. The zero-order valence-corrected chi connectivity index (χ0v) is 16.4. The first-order chi connectivity index (χ1) is 13.0. The van der Waals surface area contributed by atoms with Gasteiger partial charge in [-0.3, -0.25) is 9.59 Å². The highest BCUT2D eigenvalue weighted by molar-refractivity contribution is 5.95. The Balaban J connectivity index is 1.62. The van der Waals surface area contributed by atoms with Crippen LogP contribution in [-0.2, 0) is 4.79 Å². The third-order valence-corrected chi connectivity index (χ3v) is 5.51. The smallest absolute Gasteiger partial charge is 0.254 e. The van der Waals surface area contributed by atoms with Gasteiger partial charge < -0.3 is 24.6 Å². The van der Waals surface area contributed by atoms with Crippen molar-refractivity contribution in [1.29, 1.82) is 0 Å². The molecule has 0 aromatic heterocycles. The molecule has 1 atom stereocenters. The molecule has 2 aliphatic heterocycles. The number of rotatable bonds is 4. The molecule has 1 N–H and O–H groups in total. The van der Waals surface area contributed by atoms with Crippen molar-refractivity contribution in [2.75, 3.05) is 46.9 Å². The van der Waals surface area contributed by atoms with Crippen LogP contribution in [0.5, 0.6) is 11.5 Å². The Kier molecular flexibility index (Phi) is 6.21. The fourth-order valence-corrected chi connectivity index (χ4v) is 3.85. The van der Waals surface area contributed by atoms with Crippen LogP contribution in [0.15, 0.2) is 18.2 Å². The standard InChI is InChI=1S/C20H29N3O4/c1-14-13-21-6-9-23(14)20(25)15-4-7-22(8-5-15)19(24)16-10-17(26-2)12-18(11-16)27-3/h10-12,14-15,21H,4-9,13H2,1-3H3. The Labute approximate surface area is 160 Å². The minimum absolute atomic E-state index is 0.00875. The van der Waals surface area contributed by atoms with Gasteiger partial charge in [0.2, 0.25) is 5.91 Å². The molecule has 7 heteroatoms.